The molecule has 2 aromatic carbocycles. The van der Waals surface area contributed by atoms with Crippen LogP contribution in [0.2, 0.25) is 0 Å². The highest BCUT2D eigenvalue weighted by atomic mass is 32.2. The van der Waals surface area contributed by atoms with E-state index in [0.717, 1.165) is 5.56 Å². The summed E-state index contributed by atoms with van der Waals surface area (Å²) in [6.07, 6.45) is 4.43. The Morgan fingerprint density at radius 2 is 1.84 bits per heavy atom. The van der Waals surface area contributed by atoms with Crippen LogP contribution in [0.4, 0.5) is 5.69 Å². The van der Waals surface area contributed by atoms with Gasteiger partial charge < -0.3 is 19.2 Å². The van der Waals surface area contributed by atoms with Gasteiger partial charge in [0.05, 0.1) is 31.9 Å². The topological polar surface area (TPSA) is 107 Å². The second kappa shape index (κ2) is 9.96. The third-order valence-electron chi connectivity index (χ3n) is 4.26. The van der Waals surface area contributed by atoms with Gasteiger partial charge in [-0.05, 0) is 54.1 Å². The lowest BCUT2D eigenvalue weighted by atomic mass is 10.2. The number of sulfonamides is 1. The van der Waals surface area contributed by atoms with Crippen LogP contribution in [0.25, 0.3) is 6.08 Å². The predicted molar refractivity (Wildman–Crippen MR) is 116 cm³/mol. The first kappa shape index (κ1) is 22.1. The molecule has 0 bridgehead atoms. The molecule has 3 rings (SSSR count). The largest absolute Gasteiger partial charge is 0.493 e. The summed E-state index contributed by atoms with van der Waals surface area (Å²) in [5, 5.41) is 2.65. The molecule has 0 spiro atoms. The van der Waals surface area contributed by atoms with Crippen LogP contribution >= 0.6 is 0 Å². The summed E-state index contributed by atoms with van der Waals surface area (Å²) < 4.78 is 43.0. The molecule has 0 fully saturated rings. The molecule has 2 N–H and O–H groups in total. The Bertz CT molecular complexity index is 1170. The molecule has 8 nitrogen and oxygen atoms in total. The van der Waals surface area contributed by atoms with E-state index in [-0.39, 0.29) is 11.4 Å². The van der Waals surface area contributed by atoms with Crippen LogP contribution < -0.4 is 19.5 Å². The number of amides is 1. The van der Waals surface area contributed by atoms with E-state index in [1.165, 1.54) is 31.6 Å². The number of hydrogen-bond acceptors (Lipinski definition) is 6. The van der Waals surface area contributed by atoms with Crippen molar-refractivity contribution in [3.05, 3.63) is 78.3 Å². The van der Waals surface area contributed by atoms with Crippen LogP contribution in [-0.4, -0.2) is 28.5 Å². The third-order valence-corrected chi connectivity index (χ3v) is 5.66. The van der Waals surface area contributed by atoms with E-state index >= 15 is 0 Å². The molecule has 0 aliphatic rings. The number of carbonyl (C=O) groups excluding carboxylic acids is 1. The zero-order valence-corrected chi connectivity index (χ0v) is 17.8. The number of carbonyl (C=O) groups is 1. The maximum Gasteiger partial charge on any atom is 0.248 e. The minimum absolute atomic E-state index is 0.0278. The summed E-state index contributed by atoms with van der Waals surface area (Å²) in [4.78, 5) is 12.3. The van der Waals surface area contributed by atoms with Gasteiger partial charge in [0, 0.05) is 11.8 Å². The summed E-state index contributed by atoms with van der Waals surface area (Å²) >= 11 is 0. The van der Waals surface area contributed by atoms with E-state index in [1.54, 1.807) is 55.7 Å². The summed E-state index contributed by atoms with van der Waals surface area (Å²) in [6.45, 7) is 0.0278. The van der Waals surface area contributed by atoms with Crippen LogP contribution in [0.15, 0.2) is 76.2 Å². The number of benzene rings is 2. The zero-order valence-electron chi connectivity index (χ0n) is 17.0. The Balaban J connectivity index is 1.66. The minimum Gasteiger partial charge on any atom is -0.493 e. The minimum atomic E-state index is -3.77. The molecule has 1 heterocycles. The number of furan rings is 1. The van der Waals surface area contributed by atoms with E-state index in [4.69, 9.17) is 13.9 Å². The van der Waals surface area contributed by atoms with Crippen molar-refractivity contribution >= 4 is 27.7 Å². The van der Waals surface area contributed by atoms with Crippen LogP contribution in [0, 0.1) is 0 Å². The van der Waals surface area contributed by atoms with Gasteiger partial charge >= 0.3 is 0 Å². The normalized spacial score (nSPS) is 11.4. The van der Waals surface area contributed by atoms with Crippen molar-refractivity contribution in [2.24, 2.45) is 0 Å². The number of hydrogen-bond donors (Lipinski definition) is 2. The van der Waals surface area contributed by atoms with Crippen molar-refractivity contribution < 1.29 is 27.1 Å². The van der Waals surface area contributed by atoms with Gasteiger partial charge in [0.1, 0.15) is 5.76 Å². The van der Waals surface area contributed by atoms with Crippen molar-refractivity contribution in [3.63, 3.8) is 0 Å². The molecule has 0 atom stereocenters. The van der Waals surface area contributed by atoms with Gasteiger partial charge in [-0.2, -0.15) is 0 Å². The van der Waals surface area contributed by atoms with E-state index in [1.807, 2.05) is 0 Å². The van der Waals surface area contributed by atoms with Crippen molar-refractivity contribution in [1.29, 1.82) is 0 Å². The predicted octanol–water partition coefficient (Wildman–Crippen LogP) is 3.43. The highest BCUT2D eigenvalue weighted by Crippen LogP contribution is 2.28. The molecule has 0 aliphatic heterocycles. The number of nitrogens with one attached hydrogen (secondary N) is 2. The SMILES string of the molecule is COc1ccc(/C=C/C(=O)Nc2cccc(S(=O)(=O)NCc3ccco3)c2)cc1OC. The molecule has 0 aliphatic carbocycles. The maximum atomic E-state index is 12.5. The fraction of sp³-hybridized carbons (Fsp3) is 0.136. The first-order chi connectivity index (χ1) is 14.9. The van der Waals surface area contributed by atoms with Crippen molar-refractivity contribution in [2.45, 2.75) is 11.4 Å². The van der Waals surface area contributed by atoms with E-state index in [9.17, 15) is 13.2 Å². The Labute approximate surface area is 180 Å². The monoisotopic (exact) mass is 442 g/mol. The molecule has 31 heavy (non-hydrogen) atoms. The summed E-state index contributed by atoms with van der Waals surface area (Å²) in [5.74, 6) is 1.22. The van der Waals surface area contributed by atoms with Gasteiger partial charge in [0.25, 0.3) is 0 Å². The third kappa shape index (κ3) is 5.97. The first-order valence-electron chi connectivity index (χ1n) is 9.24. The molecular weight excluding hydrogens is 420 g/mol. The molecular formula is C22H22N2O6S. The van der Waals surface area contributed by atoms with Gasteiger partial charge in [0.15, 0.2) is 11.5 Å². The summed E-state index contributed by atoms with van der Waals surface area (Å²) in [5.41, 5.74) is 1.09. The Morgan fingerprint density at radius 3 is 2.55 bits per heavy atom. The fourth-order valence-corrected chi connectivity index (χ4v) is 3.75. The second-order valence-corrected chi connectivity index (χ2v) is 8.14. The van der Waals surface area contributed by atoms with E-state index in [0.29, 0.717) is 22.9 Å². The Morgan fingerprint density at radius 1 is 1.03 bits per heavy atom. The van der Waals surface area contributed by atoms with Gasteiger partial charge in [-0.3, -0.25) is 4.79 Å². The quantitative estimate of drug-likeness (QED) is 0.492. The van der Waals surface area contributed by atoms with Crippen LogP contribution in [0.5, 0.6) is 11.5 Å². The van der Waals surface area contributed by atoms with Crippen LogP contribution in [0.3, 0.4) is 0 Å². The van der Waals surface area contributed by atoms with E-state index < -0.39 is 15.9 Å². The van der Waals surface area contributed by atoms with Crippen molar-refractivity contribution in [1.82, 2.24) is 4.72 Å². The molecule has 0 radical (unpaired) electrons. The highest BCUT2D eigenvalue weighted by Gasteiger charge is 2.15. The number of rotatable bonds is 9. The number of anilines is 1. The highest BCUT2D eigenvalue weighted by molar-refractivity contribution is 7.89. The Kier molecular flexibility index (Phi) is 7.11. The standard InChI is InChI=1S/C22H22N2O6S/c1-28-20-10-8-16(13-21(20)29-2)9-11-22(25)24-17-5-3-7-19(14-17)31(26,27)23-15-18-6-4-12-30-18/h3-14,23H,15H2,1-2H3,(H,24,25)/b11-9+. The fourth-order valence-electron chi connectivity index (χ4n) is 2.72. The first-order valence-corrected chi connectivity index (χ1v) is 10.7. The second-order valence-electron chi connectivity index (χ2n) is 6.37. The molecule has 1 amide bonds. The molecule has 0 saturated heterocycles. The van der Waals surface area contributed by atoms with Gasteiger partial charge in [-0.15, -0.1) is 0 Å². The number of ether oxygens (including phenoxy) is 2. The lowest BCUT2D eigenvalue weighted by molar-refractivity contribution is -0.111. The molecule has 0 unspecified atom stereocenters. The Hall–Kier alpha value is -3.56. The smallest absolute Gasteiger partial charge is 0.248 e. The van der Waals surface area contributed by atoms with E-state index in [2.05, 4.69) is 10.0 Å². The average molecular weight is 442 g/mol. The van der Waals surface area contributed by atoms with Crippen LogP contribution in [0.1, 0.15) is 11.3 Å². The molecule has 162 valence electrons. The lowest BCUT2D eigenvalue weighted by Gasteiger charge is -2.08. The summed E-state index contributed by atoms with van der Waals surface area (Å²) in [7, 11) is -0.696. The summed E-state index contributed by atoms with van der Waals surface area (Å²) in [6, 6.07) is 14.6. The molecule has 3 aromatic rings. The zero-order chi connectivity index (χ0) is 22.3. The molecule has 0 saturated carbocycles. The van der Waals surface area contributed by atoms with Crippen molar-refractivity contribution in [3.8, 4) is 11.5 Å². The van der Waals surface area contributed by atoms with Crippen molar-refractivity contribution in [2.75, 3.05) is 19.5 Å². The lowest BCUT2D eigenvalue weighted by Crippen LogP contribution is -2.23. The van der Waals surface area contributed by atoms with Crippen LogP contribution in [-0.2, 0) is 21.4 Å². The van der Waals surface area contributed by atoms with Gasteiger partial charge in [-0.25, -0.2) is 13.1 Å². The molecule has 1 aromatic heterocycles. The molecule has 9 heteroatoms. The maximum absolute atomic E-state index is 12.5. The van der Waals surface area contributed by atoms with Gasteiger partial charge in [0.2, 0.25) is 15.9 Å². The average Bonchev–Trinajstić information content (AvgIpc) is 3.30. The van der Waals surface area contributed by atoms with Gasteiger partial charge in [-0.1, -0.05) is 12.1 Å². The number of methoxy groups -OCH3 is 2.